The van der Waals surface area contributed by atoms with Gasteiger partial charge in [-0.2, -0.15) is 0 Å². The maximum atomic E-state index is 11.3. The first-order chi connectivity index (χ1) is 8.86. The third-order valence-corrected chi connectivity index (χ3v) is 2.28. The number of hydrogen-bond acceptors (Lipinski definition) is 6. The standard InChI is InChI=1S/C12H21NO6/c1-3-18-12(17)9(13)5-4-6-11(16)19-8(2)7-10(14)15/h8-9H,3-7,13H2,1-2H3,(H,14,15)/t8-,9?/m0/s1. The van der Waals surface area contributed by atoms with Crippen molar-refractivity contribution in [1.29, 1.82) is 0 Å². The summed E-state index contributed by atoms with van der Waals surface area (Å²) >= 11 is 0. The summed E-state index contributed by atoms with van der Waals surface area (Å²) in [6, 6.07) is -0.746. The smallest absolute Gasteiger partial charge is 0.322 e. The molecule has 0 bridgehead atoms. The second-order valence-electron chi connectivity index (χ2n) is 4.15. The van der Waals surface area contributed by atoms with Gasteiger partial charge < -0.3 is 20.3 Å². The zero-order valence-electron chi connectivity index (χ0n) is 11.3. The molecule has 0 saturated heterocycles. The van der Waals surface area contributed by atoms with Gasteiger partial charge in [0.05, 0.1) is 13.0 Å². The Morgan fingerprint density at radius 3 is 2.47 bits per heavy atom. The molecular formula is C12H21NO6. The molecule has 0 heterocycles. The minimum absolute atomic E-state index is 0.0943. The van der Waals surface area contributed by atoms with Gasteiger partial charge in [-0.25, -0.2) is 0 Å². The summed E-state index contributed by atoms with van der Waals surface area (Å²) in [5.41, 5.74) is 5.55. The molecule has 0 aliphatic carbocycles. The van der Waals surface area contributed by atoms with Gasteiger partial charge in [-0.3, -0.25) is 14.4 Å². The molecule has 7 heteroatoms. The molecule has 0 saturated carbocycles. The van der Waals surface area contributed by atoms with Crippen molar-refractivity contribution in [1.82, 2.24) is 0 Å². The van der Waals surface area contributed by atoms with Crippen molar-refractivity contribution in [3.05, 3.63) is 0 Å². The van der Waals surface area contributed by atoms with E-state index in [0.29, 0.717) is 12.8 Å². The number of hydrogen-bond donors (Lipinski definition) is 2. The minimum Gasteiger partial charge on any atom is -0.481 e. The molecule has 19 heavy (non-hydrogen) atoms. The van der Waals surface area contributed by atoms with E-state index in [1.807, 2.05) is 0 Å². The molecule has 0 fully saturated rings. The number of carbonyl (C=O) groups excluding carboxylic acids is 2. The Bertz CT molecular complexity index is 317. The van der Waals surface area contributed by atoms with Crippen LogP contribution in [0.3, 0.4) is 0 Å². The first-order valence-corrected chi connectivity index (χ1v) is 6.20. The molecule has 110 valence electrons. The van der Waals surface area contributed by atoms with E-state index in [2.05, 4.69) is 0 Å². The Balaban J connectivity index is 3.79. The molecule has 1 unspecified atom stereocenters. The second-order valence-corrected chi connectivity index (χ2v) is 4.15. The van der Waals surface area contributed by atoms with Gasteiger partial charge in [0.15, 0.2) is 0 Å². The first-order valence-electron chi connectivity index (χ1n) is 6.20. The lowest BCUT2D eigenvalue weighted by molar-refractivity contribution is -0.152. The first kappa shape index (κ1) is 17.4. The molecule has 0 amide bonds. The number of ether oxygens (including phenoxy) is 2. The predicted octanol–water partition coefficient (Wildman–Crippen LogP) is 0.453. The summed E-state index contributed by atoms with van der Waals surface area (Å²) in [6.45, 7) is 3.46. The van der Waals surface area contributed by atoms with Crippen molar-refractivity contribution < 1.29 is 29.0 Å². The fraction of sp³-hybridized carbons (Fsp3) is 0.750. The van der Waals surface area contributed by atoms with Crippen molar-refractivity contribution in [2.45, 2.75) is 51.7 Å². The maximum Gasteiger partial charge on any atom is 0.322 e. The Morgan fingerprint density at radius 2 is 1.95 bits per heavy atom. The van der Waals surface area contributed by atoms with E-state index in [9.17, 15) is 14.4 Å². The topological polar surface area (TPSA) is 116 Å². The van der Waals surface area contributed by atoms with Crippen LogP contribution in [0.25, 0.3) is 0 Å². The quantitative estimate of drug-likeness (QED) is 0.587. The number of esters is 2. The summed E-state index contributed by atoms with van der Waals surface area (Å²) in [7, 11) is 0. The number of aliphatic carboxylic acids is 1. The molecule has 0 aliphatic heterocycles. The molecule has 0 aromatic rings. The van der Waals surface area contributed by atoms with Crippen molar-refractivity contribution in [3.8, 4) is 0 Å². The van der Waals surface area contributed by atoms with Crippen LogP contribution in [0.5, 0.6) is 0 Å². The van der Waals surface area contributed by atoms with E-state index in [1.54, 1.807) is 6.92 Å². The average Bonchev–Trinajstić information content (AvgIpc) is 2.27. The van der Waals surface area contributed by atoms with Crippen LogP contribution in [-0.2, 0) is 23.9 Å². The molecule has 0 rings (SSSR count). The number of carboxylic acid groups (broad SMARTS) is 1. The highest BCUT2D eigenvalue weighted by molar-refractivity contribution is 5.75. The molecule has 0 radical (unpaired) electrons. The Labute approximate surface area is 112 Å². The molecule has 0 spiro atoms. The van der Waals surface area contributed by atoms with Gasteiger partial charge in [-0.15, -0.1) is 0 Å². The highest BCUT2D eigenvalue weighted by Crippen LogP contribution is 2.05. The molecule has 3 N–H and O–H groups in total. The number of rotatable bonds is 9. The van der Waals surface area contributed by atoms with Crippen LogP contribution in [0.1, 0.15) is 39.5 Å². The maximum absolute atomic E-state index is 11.3. The average molecular weight is 275 g/mol. The molecule has 2 atom stereocenters. The molecule has 0 aromatic heterocycles. The van der Waals surface area contributed by atoms with Crippen LogP contribution in [0, 0.1) is 0 Å². The SMILES string of the molecule is CCOC(=O)C(N)CCCC(=O)O[C@@H](C)CC(=O)O. The van der Waals surface area contributed by atoms with Gasteiger partial charge >= 0.3 is 17.9 Å². The van der Waals surface area contributed by atoms with Gasteiger partial charge in [-0.05, 0) is 26.7 Å². The molecular weight excluding hydrogens is 254 g/mol. The summed E-state index contributed by atoms with van der Waals surface area (Å²) < 4.78 is 9.60. The Kier molecular flexibility index (Phi) is 8.52. The molecule has 0 aliphatic rings. The van der Waals surface area contributed by atoms with Gasteiger partial charge in [0.2, 0.25) is 0 Å². The minimum atomic E-state index is -1.02. The highest BCUT2D eigenvalue weighted by Gasteiger charge is 2.16. The lowest BCUT2D eigenvalue weighted by Gasteiger charge is -2.12. The summed E-state index contributed by atoms with van der Waals surface area (Å²) in [4.78, 5) is 32.9. The zero-order valence-corrected chi connectivity index (χ0v) is 11.3. The fourth-order valence-electron chi connectivity index (χ4n) is 1.40. The van der Waals surface area contributed by atoms with E-state index >= 15 is 0 Å². The lowest BCUT2D eigenvalue weighted by Crippen LogP contribution is -2.32. The predicted molar refractivity (Wildman–Crippen MR) is 66.3 cm³/mol. The number of nitrogens with two attached hydrogens (primary N) is 1. The zero-order chi connectivity index (χ0) is 14.8. The third kappa shape index (κ3) is 9.01. The van der Waals surface area contributed by atoms with Crippen molar-refractivity contribution >= 4 is 17.9 Å². The monoisotopic (exact) mass is 275 g/mol. The number of carboxylic acids is 1. The van der Waals surface area contributed by atoms with E-state index in [0.717, 1.165) is 0 Å². The van der Waals surface area contributed by atoms with Gasteiger partial charge in [0.25, 0.3) is 0 Å². The van der Waals surface area contributed by atoms with E-state index in [4.69, 9.17) is 20.3 Å². The molecule has 0 aromatic carbocycles. The Morgan fingerprint density at radius 1 is 1.32 bits per heavy atom. The van der Waals surface area contributed by atoms with E-state index in [1.165, 1.54) is 6.92 Å². The van der Waals surface area contributed by atoms with Crippen LogP contribution in [0.4, 0.5) is 0 Å². The molecule has 7 nitrogen and oxygen atoms in total. The van der Waals surface area contributed by atoms with Crippen LogP contribution in [0.2, 0.25) is 0 Å². The van der Waals surface area contributed by atoms with E-state index < -0.39 is 30.1 Å². The van der Waals surface area contributed by atoms with Crippen molar-refractivity contribution in [2.24, 2.45) is 5.73 Å². The van der Waals surface area contributed by atoms with Crippen LogP contribution < -0.4 is 5.73 Å². The normalized spacial score (nSPS) is 13.4. The largest absolute Gasteiger partial charge is 0.481 e. The lowest BCUT2D eigenvalue weighted by atomic mass is 10.1. The summed E-state index contributed by atoms with van der Waals surface area (Å²) in [5, 5.41) is 8.50. The highest BCUT2D eigenvalue weighted by atomic mass is 16.5. The van der Waals surface area contributed by atoms with Crippen LogP contribution in [-0.4, -0.2) is 41.8 Å². The van der Waals surface area contributed by atoms with Crippen molar-refractivity contribution in [2.75, 3.05) is 6.61 Å². The van der Waals surface area contributed by atoms with Gasteiger partial charge in [0.1, 0.15) is 12.1 Å². The Hall–Kier alpha value is -1.63. The van der Waals surface area contributed by atoms with Crippen LogP contribution in [0.15, 0.2) is 0 Å². The van der Waals surface area contributed by atoms with Gasteiger partial charge in [0, 0.05) is 6.42 Å². The number of carbonyl (C=O) groups is 3. The van der Waals surface area contributed by atoms with Gasteiger partial charge in [-0.1, -0.05) is 0 Å². The summed E-state index contributed by atoms with van der Waals surface area (Å²) in [6.07, 6.45) is -0.0888. The van der Waals surface area contributed by atoms with E-state index in [-0.39, 0.29) is 19.4 Å². The summed E-state index contributed by atoms with van der Waals surface area (Å²) in [5.74, 6) is -2.01. The second kappa shape index (κ2) is 9.32. The fourth-order valence-corrected chi connectivity index (χ4v) is 1.40. The van der Waals surface area contributed by atoms with Crippen LogP contribution >= 0.6 is 0 Å². The van der Waals surface area contributed by atoms with Crippen molar-refractivity contribution in [3.63, 3.8) is 0 Å². The third-order valence-electron chi connectivity index (χ3n) is 2.28.